The lowest BCUT2D eigenvalue weighted by Gasteiger charge is -2.35. The van der Waals surface area contributed by atoms with Gasteiger partial charge in [0, 0.05) is 51.0 Å². The van der Waals surface area contributed by atoms with Crippen molar-refractivity contribution >= 4 is 45.6 Å². The van der Waals surface area contributed by atoms with E-state index in [0.717, 1.165) is 57.8 Å². The van der Waals surface area contributed by atoms with Gasteiger partial charge in [0.25, 0.3) is 0 Å². The maximum absolute atomic E-state index is 11.7. The number of hydrogen-bond acceptors (Lipinski definition) is 4. The number of benzene rings is 1. The van der Waals surface area contributed by atoms with Crippen LogP contribution in [0.3, 0.4) is 0 Å². The molecule has 2 N–H and O–H groups in total. The number of guanidine groups is 1. The molecule has 0 bridgehead atoms. The zero-order valence-corrected chi connectivity index (χ0v) is 21.2. The van der Waals surface area contributed by atoms with Crippen LogP contribution in [0.4, 0.5) is 5.69 Å². The number of rotatable bonds is 6. The van der Waals surface area contributed by atoms with Crippen molar-refractivity contribution in [1.82, 2.24) is 14.9 Å². The van der Waals surface area contributed by atoms with Crippen LogP contribution in [-0.2, 0) is 10.0 Å². The number of nitrogens with one attached hydrogen (secondary N) is 2. The summed E-state index contributed by atoms with van der Waals surface area (Å²) in [5.74, 6) is 1.31. The van der Waals surface area contributed by atoms with Crippen molar-refractivity contribution in [3.05, 3.63) is 30.3 Å². The molecule has 2 aliphatic heterocycles. The van der Waals surface area contributed by atoms with Gasteiger partial charge in [-0.1, -0.05) is 18.2 Å². The highest BCUT2D eigenvalue weighted by molar-refractivity contribution is 14.0. The maximum Gasteiger partial charge on any atom is 0.211 e. The topological polar surface area (TPSA) is 77.0 Å². The summed E-state index contributed by atoms with van der Waals surface area (Å²) in [5.41, 5.74) is 1.28. The Labute approximate surface area is 198 Å². The molecule has 9 heteroatoms. The van der Waals surface area contributed by atoms with Gasteiger partial charge in [-0.25, -0.2) is 12.7 Å². The molecule has 170 valence electrons. The fourth-order valence-corrected chi connectivity index (χ4v) is 5.00. The molecule has 3 rings (SSSR count). The molecule has 7 nitrogen and oxygen atoms in total. The van der Waals surface area contributed by atoms with Crippen molar-refractivity contribution < 1.29 is 8.42 Å². The van der Waals surface area contributed by atoms with E-state index in [1.165, 1.54) is 11.9 Å². The fourth-order valence-electron chi connectivity index (χ4n) is 4.13. The van der Waals surface area contributed by atoms with E-state index in [2.05, 4.69) is 52.8 Å². The van der Waals surface area contributed by atoms with Gasteiger partial charge in [-0.3, -0.25) is 4.99 Å². The SMILES string of the molecule is CCNC(=NCC1CCN(S(C)(=O)=O)CC1)NC1CCCN(c2ccccc2)C1.I. The molecule has 0 aliphatic carbocycles. The highest BCUT2D eigenvalue weighted by Gasteiger charge is 2.25. The number of para-hydroxylation sites is 1. The van der Waals surface area contributed by atoms with Crippen molar-refractivity contribution in [2.75, 3.05) is 50.4 Å². The summed E-state index contributed by atoms with van der Waals surface area (Å²) < 4.78 is 24.9. The van der Waals surface area contributed by atoms with Gasteiger partial charge in [-0.2, -0.15) is 0 Å². The van der Waals surface area contributed by atoms with Crippen molar-refractivity contribution in [1.29, 1.82) is 0 Å². The van der Waals surface area contributed by atoms with Gasteiger partial charge in [-0.15, -0.1) is 24.0 Å². The van der Waals surface area contributed by atoms with E-state index in [9.17, 15) is 8.42 Å². The summed E-state index contributed by atoms with van der Waals surface area (Å²) in [6.45, 7) is 6.93. The fraction of sp³-hybridized carbons (Fsp3) is 0.667. The molecule has 0 aromatic heterocycles. The molecule has 0 amide bonds. The predicted molar refractivity (Wildman–Crippen MR) is 135 cm³/mol. The molecule has 2 heterocycles. The Bertz CT molecular complexity index is 767. The van der Waals surface area contributed by atoms with Crippen molar-refractivity contribution in [2.45, 2.75) is 38.6 Å². The smallest absolute Gasteiger partial charge is 0.211 e. The van der Waals surface area contributed by atoms with Gasteiger partial charge in [0.15, 0.2) is 5.96 Å². The number of piperidine rings is 2. The molecule has 2 aliphatic rings. The molecule has 0 spiro atoms. The van der Waals surface area contributed by atoms with Crippen LogP contribution in [0.25, 0.3) is 0 Å². The minimum Gasteiger partial charge on any atom is -0.369 e. The van der Waals surface area contributed by atoms with Gasteiger partial charge < -0.3 is 15.5 Å². The highest BCUT2D eigenvalue weighted by atomic mass is 127. The van der Waals surface area contributed by atoms with E-state index in [-0.39, 0.29) is 24.0 Å². The highest BCUT2D eigenvalue weighted by Crippen LogP contribution is 2.20. The Hall–Kier alpha value is -1.07. The second-order valence-electron chi connectivity index (χ2n) is 8.09. The summed E-state index contributed by atoms with van der Waals surface area (Å²) in [6.07, 6.45) is 5.35. The quantitative estimate of drug-likeness (QED) is 0.324. The lowest BCUT2D eigenvalue weighted by Crippen LogP contribution is -2.51. The van der Waals surface area contributed by atoms with Gasteiger partial charge in [0.1, 0.15) is 0 Å². The first-order valence-electron chi connectivity index (χ1n) is 10.8. The average Bonchev–Trinajstić information content (AvgIpc) is 2.73. The first-order valence-corrected chi connectivity index (χ1v) is 12.6. The van der Waals surface area contributed by atoms with E-state index >= 15 is 0 Å². The summed E-state index contributed by atoms with van der Waals surface area (Å²) in [7, 11) is -3.07. The third-order valence-electron chi connectivity index (χ3n) is 5.78. The van der Waals surface area contributed by atoms with Gasteiger partial charge in [0.2, 0.25) is 10.0 Å². The lowest BCUT2D eigenvalue weighted by molar-refractivity contribution is 0.280. The van der Waals surface area contributed by atoms with Crippen LogP contribution in [0.15, 0.2) is 35.3 Å². The molecule has 2 fully saturated rings. The van der Waals surface area contributed by atoms with Crippen LogP contribution >= 0.6 is 24.0 Å². The number of halogens is 1. The molecule has 1 unspecified atom stereocenters. The largest absolute Gasteiger partial charge is 0.369 e. The van der Waals surface area contributed by atoms with Crippen molar-refractivity contribution in [2.24, 2.45) is 10.9 Å². The third-order valence-corrected chi connectivity index (χ3v) is 7.08. The van der Waals surface area contributed by atoms with Gasteiger partial charge in [0.05, 0.1) is 6.26 Å². The summed E-state index contributed by atoms with van der Waals surface area (Å²) in [6, 6.07) is 10.9. The van der Waals surface area contributed by atoms with E-state index in [0.29, 0.717) is 25.0 Å². The molecule has 1 aromatic carbocycles. The molecule has 1 aromatic rings. The average molecular weight is 550 g/mol. The molecular formula is C21H36IN5O2S. The van der Waals surface area contributed by atoms with E-state index < -0.39 is 10.0 Å². The number of nitrogens with zero attached hydrogens (tertiary/aromatic N) is 3. The van der Waals surface area contributed by atoms with E-state index in [1.807, 2.05) is 0 Å². The molecular weight excluding hydrogens is 513 g/mol. The Morgan fingerprint density at radius 3 is 2.47 bits per heavy atom. The minimum atomic E-state index is -3.07. The third kappa shape index (κ3) is 7.56. The summed E-state index contributed by atoms with van der Waals surface area (Å²) >= 11 is 0. The lowest BCUT2D eigenvalue weighted by atomic mass is 9.98. The van der Waals surface area contributed by atoms with Crippen LogP contribution in [0, 0.1) is 5.92 Å². The Morgan fingerprint density at radius 1 is 1.13 bits per heavy atom. The first kappa shape index (κ1) is 25.2. The first-order chi connectivity index (χ1) is 14.0. The number of aliphatic imine (C=N–C) groups is 1. The minimum absolute atomic E-state index is 0. The summed E-state index contributed by atoms with van der Waals surface area (Å²) in [4.78, 5) is 7.26. The number of sulfonamides is 1. The van der Waals surface area contributed by atoms with E-state index in [4.69, 9.17) is 4.99 Å². The molecule has 2 saturated heterocycles. The van der Waals surface area contributed by atoms with Crippen molar-refractivity contribution in [3.8, 4) is 0 Å². The zero-order chi connectivity index (χ0) is 20.7. The summed E-state index contributed by atoms with van der Waals surface area (Å²) in [5, 5.41) is 6.99. The Morgan fingerprint density at radius 2 is 1.83 bits per heavy atom. The zero-order valence-electron chi connectivity index (χ0n) is 18.1. The van der Waals surface area contributed by atoms with Crippen LogP contribution in [0.2, 0.25) is 0 Å². The van der Waals surface area contributed by atoms with Gasteiger partial charge in [-0.05, 0) is 50.7 Å². The van der Waals surface area contributed by atoms with Crippen molar-refractivity contribution in [3.63, 3.8) is 0 Å². The van der Waals surface area contributed by atoms with Crippen LogP contribution < -0.4 is 15.5 Å². The predicted octanol–water partition coefficient (Wildman–Crippen LogP) is 2.50. The Kier molecular flexibility index (Phi) is 10.2. The molecule has 0 radical (unpaired) electrons. The normalized spacial score (nSPS) is 21.7. The molecule has 0 saturated carbocycles. The second-order valence-corrected chi connectivity index (χ2v) is 10.1. The van der Waals surface area contributed by atoms with E-state index in [1.54, 1.807) is 4.31 Å². The molecule has 30 heavy (non-hydrogen) atoms. The monoisotopic (exact) mass is 549 g/mol. The van der Waals surface area contributed by atoms with Crippen LogP contribution in [-0.4, -0.2) is 70.2 Å². The number of anilines is 1. The van der Waals surface area contributed by atoms with Crippen LogP contribution in [0.1, 0.15) is 32.6 Å². The molecule has 1 atom stereocenters. The second kappa shape index (κ2) is 12.1. The van der Waals surface area contributed by atoms with Crippen LogP contribution in [0.5, 0.6) is 0 Å². The maximum atomic E-state index is 11.7. The number of hydrogen-bond donors (Lipinski definition) is 2. The Balaban J connectivity index is 0.00000320. The standard InChI is InChI=1S/C21H35N5O2S.HI/c1-3-22-21(23-16-18-11-14-26(15-12-18)29(2,27)28)24-19-8-7-13-25(17-19)20-9-5-4-6-10-20;/h4-6,9-10,18-19H,3,7-8,11-17H2,1-2H3,(H2,22,23,24);1H. The van der Waals surface area contributed by atoms with Gasteiger partial charge >= 0.3 is 0 Å².